The fraction of sp³-hybridized carbons (Fsp3) is 0. The zero-order valence-corrected chi connectivity index (χ0v) is 4.96. The van der Waals surface area contributed by atoms with Crippen LogP contribution in [0.3, 0.4) is 0 Å². The number of rotatable bonds is 0. The number of para-hydroxylation sites is 1. The van der Waals surface area contributed by atoms with E-state index in [1.807, 2.05) is 30.3 Å². The molecule has 0 bridgehead atoms. The van der Waals surface area contributed by atoms with E-state index in [0.29, 0.717) is 0 Å². The summed E-state index contributed by atoms with van der Waals surface area (Å²) in [6.45, 7) is 0. The molecule has 0 aliphatic rings. The van der Waals surface area contributed by atoms with Crippen LogP contribution in [0.15, 0.2) is 30.3 Å². The molecule has 0 spiro atoms. The maximum absolute atomic E-state index is 5.36. The van der Waals surface area contributed by atoms with Crippen LogP contribution in [0.25, 0.3) is 0 Å². The van der Waals surface area contributed by atoms with Crippen LogP contribution in [0.2, 0.25) is 0 Å². The fourth-order valence-electron chi connectivity index (χ4n) is 0.453. The van der Waals surface area contributed by atoms with Crippen molar-refractivity contribution in [3.63, 3.8) is 0 Å². The van der Waals surface area contributed by atoms with Gasteiger partial charge in [0, 0.05) is 5.69 Å². The van der Waals surface area contributed by atoms with Crippen molar-refractivity contribution in [1.29, 1.82) is 0 Å². The van der Waals surface area contributed by atoms with Crippen molar-refractivity contribution in [3.05, 3.63) is 30.3 Å². The first-order chi connectivity index (χ1) is 3.39. The molecule has 1 aromatic carbocycles. The number of benzene rings is 1. The number of hydrogen-bond donors (Lipinski definition) is 1. The summed E-state index contributed by atoms with van der Waals surface area (Å²) >= 11 is 0. The van der Waals surface area contributed by atoms with Crippen LogP contribution < -0.4 is 5.73 Å². The third-order valence-electron chi connectivity index (χ3n) is 0.800. The van der Waals surface area contributed by atoms with Crippen molar-refractivity contribution >= 4 is 35.2 Å². The van der Waals surface area contributed by atoms with E-state index in [9.17, 15) is 0 Å². The molecule has 0 saturated carbocycles. The van der Waals surface area contributed by atoms with E-state index >= 15 is 0 Å². The van der Waals surface area contributed by atoms with Crippen LogP contribution in [0.5, 0.6) is 0 Å². The minimum absolute atomic E-state index is 0. The second kappa shape index (κ2) is 8.94. The molecule has 63 valence electrons. The topological polar surface area (TPSA) is 89.0 Å². The molecular formula is C6H21NNaO2. The molecule has 0 unspecified atom stereocenters. The average Bonchev–Trinajstić information content (AvgIpc) is 1.69. The molecule has 0 saturated heterocycles. The number of hydrogen-bond acceptors (Lipinski definition) is 1. The van der Waals surface area contributed by atoms with Gasteiger partial charge in [0.15, 0.2) is 0 Å². The van der Waals surface area contributed by atoms with Crippen LogP contribution in [-0.4, -0.2) is 40.5 Å². The number of anilines is 1. The van der Waals surface area contributed by atoms with Crippen molar-refractivity contribution in [2.45, 2.75) is 0 Å². The van der Waals surface area contributed by atoms with E-state index in [1.165, 1.54) is 0 Å². The summed E-state index contributed by atoms with van der Waals surface area (Å²) in [5.41, 5.74) is 6.18. The predicted octanol–water partition coefficient (Wildman–Crippen LogP) is -3.44. The van der Waals surface area contributed by atoms with Gasteiger partial charge in [-0.3, -0.25) is 0 Å². The first-order valence-corrected chi connectivity index (χ1v) is 2.20. The molecule has 4 heteroatoms. The van der Waals surface area contributed by atoms with Crippen LogP contribution >= 0.6 is 0 Å². The molecule has 0 aromatic heterocycles. The van der Waals surface area contributed by atoms with E-state index in [-0.39, 0.29) is 40.5 Å². The Bertz CT molecular complexity index is 146. The van der Waals surface area contributed by atoms with Gasteiger partial charge in [-0.05, 0) is 12.1 Å². The maximum atomic E-state index is 5.36. The summed E-state index contributed by atoms with van der Waals surface area (Å²) in [7, 11) is 0. The summed E-state index contributed by atoms with van der Waals surface area (Å²) in [6, 6.07) is 9.49. The minimum atomic E-state index is 0. The van der Waals surface area contributed by atoms with Crippen molar-refractivity contribution in [1.82, 2.24) is 0 Å². The first kappa shape index (κ1) is 16.5. The third kappa shape index (κ3) is 6.07. The molecule has 10 heavy (non-hydrogen) atoms. The van der Waals surface area contributed by atoms with Crippen LogP contribution in [0.4, 0.5) is 5.69 Å². The molecule has 0 aliphatic carbocycles. The van der Waals surface area contributed by atoms with Crippen molar-refractivity contribution in [2.24, 2.45) is 0 Å². The summed E-state index contributed by atoms with van der Waals surface area (Å²) in [5, 5.41) is 0. The van der Waals surface area contributed by atoms with E-state index in [0.717, 1.165) is 5.69 Å². The second-order valence-corrected chi connectivity index (χ2v) is 1.41. The third-order valence-corrected chi connectivity index (χ3v) is 0.800. The second-order valence-electron chi connectivity index (χ2n) is 1.41. The summed E-state index contributed by atoms with van der Waals surface area (Å²) < 4.78 is 0. The molecule has 0 atom stereocenters. The Morgan fingerprint density at radius 3 is 1.50 bits per heavy atom. The summed E-state index contributed by atoms with van der Waals surface area (Å²) in [5.74, 6) is 0. The SMILES string of the molecule is Nc1ccccc1.O.O.[NaH10]. The molecule has 1 rings (SSSR count). The quantitative estimate of drug-likeness (QED) is 0.312. The van der Waals surface area contributed by atoms with Crippen LogP contribution in [0, 0.1) is 0 Å². The Kier molecular flexibility index (Phi) is 14.7. The first-order valence-electron chi connectivity index (χ1n) is 2.20. The summed E-state index contributed by atoms with van der Waals surface area (Å²) in [4.78, 5) is 0. The monoisotopic (exact) mass is 162 g/mol. The normalized spacial score (nSPS) is 6.00. The van der Waals surface area contributed by atoms with Gasteiger partial charge in [-0.2, -0.15) is 0 Å². The van der Waals surface area contributed by atoms with Crippen molar-refractivity contribution in [2.75, 3.05) is 5.73 Å². The Balaban J connectivity index is -0.000000163. The predicted molar refractivity (Wildman–Crippen MR) is 57.8 cm³/mol. The van der Waals surface area contributed by atoms with Gasteiger partial charge in [0.2, 0.25) is 0 Å². The summed E-state index contributed by atoms with van der Waals surface area (Å²) in [6.07, 6.45) is 0. The van der Waals surface area contributed by atoms with Crippen LogP contribution in [-0.2, 0) is 0 Å². The fourth-order valence-corrected chi connectivity index (χ4v) is 0.453. The van der Waals surface area contributed by atoms with Gasteiger partial charge in [-0.25, -0.2) is 0 Å². The molecule has 1 aromatic rings. The van der Waals surface area contributed by atoms with E-state index in [4.69, 9.17) is 5.73 Å². The molecule has 0 amide bonds. The molecule has 0 radical (unpaired) electrons. The molecule has 0 aliphatic heterocycles. The molecular weight excluding hydrogens is 141 g/mol. The Hall–Kier alpha value is -0.0600. The Morgan fingerprint density at radius 1 is 0.900 bits per heavy atom. The van der Waals surface area contributed by atoms with Gasteiger partial charge >= 0.3 is 29.6 Å². The van der Waals surface area contributed by atoms with Gasteiger partial charge in [-0.1, -0.05) is 18.2 Å². The Morgan fingerprint density at radius 2 is 1.30 bits per heavy atom. The van der Waals surface area contributed by atoms with E-state index in [1.54, 1.807) is 0 Å². The average molecular weight is 162 g/mol. The standard InChI is InChI=1S/C6H7N.Na.2H2O.10H/c7-6-4-2-1-3-5-6;;;;;;;;;;;;;/h1-5H,7H2;;2*1H2;;;;;;;;;;. The van der Waals surface area contributed by atoms with Gasteiger partial charge in [0.1, 0.15) is 0 Å². The molecule has 0 heterocycles. The zero-order valence-electron chi connectivity index (χ0n) is 4.96. The molecule has 6 N–H and O–H groups in total. The van der Waals surface area contributed by atoms with E-state index < -0.39 is 0 Å². The van der Waals surface area contributed by atoms with Gasteiger partial charge in [-0.15, -0.1) is 0 Å². The van der Waals surface area contributed by atoms with Crippen LogP contribution in [0.1, 0.15) is 0 Å². The van der Waals surface area contributed by atoms with Gasteiger partial charge in [0.05, 0.1) is 0 Å². The van der Waals surface area contributed by atoms with Gasteiger partial charge < -0.3 is 16.7 Å². The Labute approximate surface area is 82.1 Å². The van der Waals surface area contributed by atoms with Crippen molar-refractivity contribution in [3.8, 4) is 0 Å². The van der Waals surface area contributed by atoms with Gasteiger partial charge in [0.25, 0.3) is 0 Å². The van der Waals surface area contributed by atoms with E-state index in [2.05, 4.69) is 0 Å². The molecule has 3 nitrogen and oxygen atoms in total. The number of nitrogens with two attached hydrogens (primary N) is 1. The van der Waals surface area contributed by atoms with Crippen molar-refractivity contribution < 1.29 is 11.0 Å². The zero-order chi connectivity index (χ0) is 5.11. The molecule has 0 fully saturated rings. The number of nitrogen functional groups attached to an aromatic ring is 1.